The second-order valence-corrected chi connectivity index (χ2v) is 7.76. The Hall–Kier alpha value is -2.63. The molecule has 6 heteroatoms. The predicted octanol–water partition coefficient (Wildman–Crippen LogP) is 3.56. The monoisotopic (exact) mass is 379 g/mol. The lowest BCUT2D eigenvalue weighted by molar-refractivity contribution is -0.118. The second kappa shape index (κ2) is 9.04. The number of amides is 1. The highest BCUT2D eigenvalue weighted by Crippen LogP contribution is 2.26. The highest BCUT2D eigenvalue weighted by molar-refractivity contribution is 5.65. The Morgan fingerprint density at radius 2 is 1.64 bits per heavy atom. The summed E-state index contributed by atoms with van der Waals surface area (Å²) in [7, 11) is 0. The van der Waals surface area contributed by atoms with Crippen LogP contribution in [0.1, 0.15) is 38.5 Å². The van der Waals surface area contributed by atoms with Crippen molar-refractivity contribution in [2.24, 2.45) is 0 Å². The summed E-state index contributed by atoms with van der Waals surface area (Å²) < 4.78 is 0. The van der Waals surface area contributed by atoms with E-state index in [4.69, 9.17) is 9.97 Å². The number of carbonyl (C=O) groups excluding carboxylic acids is 1. The van der Waals surface area contributed by atoms with Gasteiger partial charge in [0.05, 0.1) is 5.69 Å². The molecule has 1 aliphatic heterocycles. The number of carbonyl (C=O) groups is 1. The average Bonchev–Trinajstić information content (AvgIpc) is 3.03. The van der Waals surface area contributed by atoms with Gasteiger partial charge < -0.3 is 15.1 Å². The van der Waals surface area contributed by atoms with Gasteiger partial charge in [0.2, 0.25) is 12.4 Å². The zero-order valence-corrected chi connectivity index (χ0v) is 16.4. The number of aromatic nitrogens is 2. The molecule has 0 unspecified atom stereocenters. The summed E-state index contributed by atoms with van der Waals surface area (Å²) in [6.45, 7) is 3.07. The van der Waals surface area contributed by atoms with Crippen LogP contribution in [-0.4, -0.2) is 53.5 Å². The van der Waals surface area contributed by atoms with Crippen LogP contribution in [0.3, 0.4) is 0 Å². The van der Waals surface area contributed by atoms with Crippen molar-refractivity contribution in [1.29, 1.82) is 0 Å². The molecule has 28 heavy (non-hydrogen) atoms. The number of benzene rings is 1. The summed E-state index contributed by atoms with van der Waals surface area (Å²) in [4.78, 5) is 24.8. The summed E-state index contributed by atoms with van der Waals surface area (Å²) in [5.74, 6) is 1.66. The van der Waals surface area contributed by atoms with Gasteiger partial charge in [-0.1, -0.05) is 56.0 Å². The number of piperazine rings is 1. The van der Waals surface area contributed by atoms with Crippen LogP contribution in [0.15, 0.2) is 36.4 Å². The van der Waals surface area contributed by atoms with Crippen molar-refractivity contribution in [2.45, 2.75) is 44.6 Å². The van der Waals surface area contributed by atoms with Crippen molar-refractivity contribution < 1.29 is 4.79 Å². The maximum atomic E-state index is 11.0. The molecule has 0 bridgehead atoms. The normalized spacial score (nSPS) is 18.6. The zero-order chi connectivity index (χ0) is 19.2. The van der Waals surface area contributed by atoms with E-state index in [-0.39, 0.29) is 0 Å². The SMILES string of the molecule is O=CN1CCN(c2cc(-c3ccccc3)nc(NC3CCCCCC3)n2)CC1. The third-order valence-corrected chi connectivity index (χ3v) is 5.76. The smallest absolute Gasteiger partial charge is 0.225 e. The first kappa shape index (κ1) is 18.7. The Kier molecular flexibility index (Phi) is 6.04. The minimum absolute atomic E-state index is 0.452. The fraction of sp³-hybridized carbons (Fsp3) is 0.500. The number of rotatable bonds is 5. The van der Waals surface area contributed by atoms with Crippen LogP contribution < -0.4 is 10.2 Å². The van der Waals surface area contributed by atoms with Crippen LogP contribution in [0, 0.1) is 0 Å². The van der Waals surface area contributed by atoms with Crippen LogP contribution in [0.25, 0.3) is 11.3 Å². The molecule has 4 rings (SSSR count). The quantitative estimate of drug-likeness (QED) is 0.636. The lowest BCUT2D eigenvalue weighted by Crippen LogP contribution is -2.46. The molecule has 1 N–H and O–H groups in total. The van der Waals surface area contributed by atoms with E-state index < -0.39 is 0 Å². The van der Waals surface area contributed by atoms with Gasteiger partial charge in [-0.15, -0.1) is 0 Å². The molecule has 1 aromatic heterocycles. The molecule has 0 atom stereocenters. The van der Waals surface area contributed by atoms with E-state index in [0.717, 1.165) is 55.6 Å². The molecule has 0 spiro atoms. The van der Waals surface area contributed by atoms with Crippen molar-refractivity contribution in [3.8, 4) is 11.3 Å². The Morgan fingerprint density at radius 3 is 2.32 bits per heavy atom. The third-order valence-electron chi connectivity index (χ3n) is 5.76. The van der Waals surface area contributed by atoms with Gasteiger partial charge in [0, 0.05) is 43.9 Å². The summed E-state index contributed by atoms with van der Waals surface area (Å²) in [5.41, 5.74) is 2.04. The Labute approximate surface area is 167 Å². The molecule has 6 nitrogen and oxygen atoms in total. The molecule has 2 aromatic rings. The molecule has 2 fully saturated rings. The van der Waals surface area contributed by atoms with Gasteiger partial charge in [-0.25, -0.2) is 4.98 Å². The van der Waals surface area contributed by atoms with Crippen molar-refractivity contribution in [2.75, 3.05) is 36.4 Å². The lowest BCUT2D eigenvalue weighted by atomic mass is 10.1. The average molecular weight is 380 g/mol. The van der Waals surface area contributed by atoms with Crippen molar-refractivity contribution >= 4 is 18.2 Å². The van der Waals surface area contributed by atoms with E-state index >= 15 is 0 Å². The van der Waals surface area contributed by atoms with Crippen LogP contribution >= 0.6 is 0 Å². The van der Waals surface area contributed by atoms with Crippen molar-refractivity contribution in [1.82, 2.24) is 14.9 Å². The number of nitrogens with one attached hydrogen (secondary N) is 1. The minimum atomic E-state index is 0.452. The molecule has 1 saturated heterocycles. The van der Waals surface area contributed by atoms with Crippen molar-refractivity contribution in [3.63, 3.8) is 0 Å². The van der Waals surface area contributed by atoms with Crippen LogP contribution in [0.2, 0.25) is 0 Å². The fourth-order valence-corrected chi connectivity index (χ4v) is 4.08. The van der Waals surface area contributed by atoms with Gasteiger partial charge in [0.15, 0.2) is 0 Å². The Bertz CT molecular complexity index is 766. The third kappa shape index (κ3) is 4.61. The highest BCUT2D eigenvalue weighted by Gasteiger charge is 2.20. The van der Waals surface area contributed by atoms with E-state index in [1.807, 2.05) is 23.1 Å². The molecule has 1 aliphatic carbocycles. The lowest BCUT2D eigenvalue weighted by Gasteiger charge is -2.33. The van der Waals surface area contributed by atoms with E-state index in [0.29, 0.717) is 6.04 Å². The molecular formula is C22H29N5O. The van der Waals surface area contributed by atoms with Gasteiger partial charge in [-0.3, -0.25) is 4.79 Å². The fourth-order valence-electron chi connectivity index (χ4n) is 4.08. The van der Waals surface area contributed by atoms with E-state index in [1.54, 1.807) is 0 Å². The van der Waals surface area contributed by atoms with Gasteiger partial charge in [0.25, 0.3) is 0 Å². The summed E-state index contributed by atoms with van der Waals surface area (Å²) in [6.07, 6.45) is 8.52. The van der Waals surface area contributed by atoms with Crippen LogP contribution in [0.4, 0.5) is 11.8 Å². The van der Waals surface area contributed by atoms with Gasteiger partial charge in [-0.2, -0.15) is 4.98 Å². The predicted molar refractivity (Wildman–Crippen MR) is 112 cm³/mol. The van der Waals surface area contributed by atoms with Crippen LogP contribution in [-0.2, 0) is 4.79 Å². The Morgan fingerprint density at radius 1 is 0.929 bits per heavy atom. The Balaban J connectivity index is 1.60. The maximum Gasteiger partial charge on any atom is 0.225 e. The van der Waals surface area contributed by atoms with Crippen LogP contribution in [0.5, 0.6) is 0 Å². The molecule has 2 heterocycles. The van der Waals surface area contributed by atoms with E-state index in [1.165, 1.54) is 38.5 Å². The van der Waals surface area contributed by atoms with E-state index in [2.05, 4.69) is 28.4 Å². The first-order valence-corrected chi connectivity index (χ1v) is 10.5. The second-order valence-electron chi connectivity index (χ2n) is 7.76. The molecular weight excluding hydrogens is 350 g/mol. The zero-order valence-electron chi connectivity index (χ0n) is 16.4. The first-order valence-electron chi connectivity index (χ1n) is 10.5. The van der Waals surface area contributed by atoms with Gasteiger partial charge in [-0.05, 0) is 12.8 Å². The number of nitrogens with zero attached hydrogens (tertiary/aromatic N) is 4. The molecule has 1 aromatic carbocycles. The molecule has 1 amide bonds. The van der Waals surface area contributed by atoms with Gasteiger partial charge in [0.1, 0.15) is 5.82 Å². The molecule has 0 radical (unpaired) electrons. The number of anilines is 2. The number of hydrogen-bond donors (Lipinski definition) is 1. The van der Waals surface area contributed by atoms with Gasteiger partial charge >= 0.3 is 0 Å². The molecule has 2 aliphatic rings. The van der Waals surface area contributed by atoms with E-state index in [9.17, 15) is 4.79 Å². The summed E-state index contributed by atoms with van der Waals surface area (Å²) >= 11 is 0. The maximum absolute atomic E-state index is 11.0. The van der Waals surface area contributed by atoms with Crippen molar-refractivity contribution in [3.05, 3.63) is 36.4 Å². The standard InChI is InChI=1S/C22H29N5O/c28-17-26-12-14-27(15-13-26)21-16-20(18-8-4-3-5-9-18)24-22(25-21)23-19-10-6-1-2-7-11-19/h3-5,8-9,16-17,19H,1-2,6-7,10-15H2,(H,23,24,25). The highest BCUT2D eigenvalue weighted by atomic mass is 16.1. The first-order chi connectivity index (χ1) is 13.8. The molecule has 148 valence electrons. The minimum Gasteiger partial charge on any atom is -0.353 e. The topological polar surface area (TPSA) is 61.4 Å². The largest absolute Gasteiger partial charge is 0.353 e. The summed E-state index contributed by atoms with van der Waals surface area (Å²) in [6, 6.07) is 12.8. The molecule has 1 saturated carbocycles. The number of hydrogen-bond acceptors (Lipinski definition) is 5. The summed E-state index contributed by atoms with van der Waals surface area (Å²) in [5, 5.41) is 3.61.